The quantitative estimate of drug-likeness (QED) is 0.385. The first-order valence-corrected chi connectivity index (χ1v) is 11.6. The number of piperidine rings is 1. The summed E-state index contributed by atoms with van der Waals surface area (Å²) in [7, 11) is 0. The highest BCUT2D eigenvalue weighted by molar-refractivity contribution is 5.93. The molecule has 4 heterocycles. The van der Waals surface area contributed by atoms with Gasteiger partial charge in [0.1, 0.15) is 11.4 Å². The number of hydrogen-bond acceptors (Lipinski definition) is 6. The van der Waals surface area contributed by atoms with Crippen LogP contribution in [-0.4, -0.2) is 45.5 Å². The molecule has 2 aliphatic rings. The summed E-state index contributed by atoms with van der Waals surface area (Å²) in [5.74, 6) is 2.56. The highest BCUT2D eigenvalue weighted by Crippen LogP contribution is 2.42. The number of nitrogens with zero attached hydrogens (tertiary/aromatic N) is 4. The molecule has 176 valence electrons. The molecule has 0 aliphatic carbocycles. The standard InChI is InChI=1S/C27H24N4O4/c1-2-25(32)30-14-4-5-19(16-30)31-22-12-13-28-15-21(22)26(29-31)18-8-10-20(11-9-18)35-24-7-3-6-23-27(24)34-17-33-23/h2-3,6-13,15,19H,1,4-5,14,16-17H2. The number of para-hydroxylation sites is 1. The summed E-state index contributed by atoms with van der Waals surface area (Å²) in [6.45, 7) is 5.19. The van der Waals surface area contributed by atoms with Gasteiger partial charge in [0.25, 0.3) is 0 Å². The Hall–Kier alpha value is -4.33. The van der Waals surface area contributed by atoms with Gasteiger partial charge in [-0.25, -0.2) is 0 Å². The van der Waals surface area contributed by atoms with E-state index in [0.717, 1.165) is 41.5 Å². The third kappa shape index (κ3) is 3.86. The van der Waals surface area contributed by atoms with E-state index in [1.54, 1.807) is 6.20 Å². The number of likely N-dealkylation sites (tertiary alicyclic amines) is 1. The maximum absolute atomic E-state index is 12.2. The summed E-state index contributed by atoms with van der Waals surface area (Å²) < 4.78 is 19.1. The molecule has 1 atom stereocenters. The topological polar surface area (TPSA) is 78.7 Å². The fourth-order valence-electron chi connectivity index (χ4n) is 4.75. The number of carbonyl (C=O) groups excluding carboxylic acids is 1. The van der Waals surface area contributed by atoms with Crippen molar-refractivity contribution in [2.24, 2.45) is 0 Å². The largest absolute Gasteiger partial charge is 0.453 e. The van der Waals surface area contributed by atoms with Gasteiger partial charge in [-0.15, -0.1) is 0 Å². The Bertz CT molecular complexity index is 1410. The smallest absolute Gasteiger partial charge is 0.246 e. The summed E-state index contributed by atoms with van der Waals surface area (Å²) in [6.07, 6.45) is 6.89. The van der Waals surface area contributed by atoms with Gasteiger partial charge >= 0.3 is 0 Å². The minimum absolute atomic E-state index is 0.0373. The highest BCUT2D eigenvalue weighted by atomic mass is 16.7. The third-order valence-corrected chi connectivity index (χ3v) is 6.45. The molecule has 4 aromatic rings. The maximum Gasteiger partial charge on any atom is 0.246 e. The molecule has 1 fully saturated rings. The minimum Gasteiger partial charge on any atom is -0.453 e. The molecule has 8 nitrogen and oxygen atoms in total. The van der Waals surface area contributed by atoms with Gasteiger partial charge in [0, 0.05) is 36.4 Å². The molecule has 0 radical (unpaired) electrons. The molecule has 0 bridgehead atoms. The number of amides is 1. The molecule has 0 N–H and O–H groups in total. The molecule has 6 rings (SSSR count). The van der Waals surface area contributed by atoms with E-state index < -0.39 is 0 Å². The number of ether oxygens (including phenoxy) is 3. The number of benzene rings is 2. The molecular weight excluding hydrogens is 444 g/mol. The summed E-state index contributed by atoms with van der Waals surface area (Å²) in [5.41, 5.74) is 2.82. The van der Waals surface area contributed by atoms with E-state index in [0.29, 0.717) is 29.5 Å². The zero-order chi connectivity index (χ0) is 23.8. The molecule has 8 heteroatoms. The second-order valence-corrected chi connectivity index (χ2v) is 8.59. The van der Waals surface area contributed by atoms with E-state index in [4.69, 9.17) is 19.3 Å². The highest BCUT2D eigenvalue weighted by Gasteiger charge is 2.26. The average Bonchev–Trinajstić information content (AvgIpc) is 3.55. The lowest BCUT2D eigenvalue weighted by atomic mass is 10.1. The predicted octanol–water partition coefficient (Wildman–Crippen LogP) is 4.97. The van der Waals surface area contributed by atoms with Crippen LogP contribution in [0.2, 0.25) is 0 Å². The van der Waals surface area contributed by atoms with Crippen LogP contribution >= 0.6 is 0 Å². The average molecular weight is 469 g/mol. The Morgan fingerprint density at radius 1 is 1.14 bits per heavy atom. The second kappa shape index (κ2) is 8.79. The summed E-state index contributed by atoms with van der Waals surface area (Å²) in [4.78, 5) is 18.4. The van der Waals surface area contributed by atoms with Crippen LogP contribution in [0.1, 0.15) is 18.9 Å². The van der Waals surface area contributed by atoms with Crippen LogP contribution in [-0.2, 0) is 4.79 Å². The molecule has 0 spiro atoms. The minimum atomic E-state index is -0.0373. The van der Waals surface area contributed by atoms with Gasteiger partial charge in [-0.3, -0.25) is 14.5 Å². The Morgan fingerprint density at radius 2 is 2.03 bits per heavy atom. The van der Waals surface area contributed by atoms with Gasteiger partial charge in [0.2, 0.25) is 18.4 Å². The zero-order valence-corrected chi connectivity index (χ0v) is 19.1. The van der Waals surface area contributed by atoms with Crippen molar-refractivity contribution in [3.05, 3.63) is 73.6 Å². The lowest BCUT2D eigenvalue weighted by Gasteiger charge is -2.32. The van der Waals surface area contributed by atoms with E-state index in [2.05, 4.69) is 11.6 Å². The van der Waals surface area contributed by atoms with Crippen molar-refractivity contribution in [3.63, 3.8) is 0 Å². The van der Waals surface area contributed by atoms with Gasteiger partial charge in [0.05, 0.1) is 11.6 Å². The second-order valence-electron chi connectivity index (χ2n) is 8.59. The van der Waals surface area contributed by atoms with Crippen molar-refractivity contribution in [2.45, 2.75) is 18.9 Å². The van der Waals surface area contributed by atoms with E-state index in [9.17, 15) is 4.79 Å². The molecular formula is C27H24N4O4. The fraction of sp³-hybridized carbons (Fsp3) is 0.222. The molecule has 1 saturated heterocycles. The molecule has 35 heavy (non-hydrogen) atoms. The molecule has 2 aliphatic heterocycles. The lowest BCUT2D eigenvalue weighted by Crippen LogP contribution is -2.40. The normalized spacial score (nSPS) is 16.9. The van der Waals surface area contributed by atoms with Crippen LogP contribution < -0.4 is 14.2 Å². The fourth-order valence-corrected chi connectivity index (χ4v) is 4.75. The van der Waals surface area contributed by atoms with Gasteiger partial charge in [-0.1, -0.05) is 12.6 Å². The summed E-state index contributed by atoms with van der Waals surface area (Å²) in [6, 6.07) is 15.5. The van der Waals surface area contributed by atoms with Crippen LogP contribution in [0, 0.1) is 0 Å². The maximum atomic E-state index is 12.2. The van der Waals surface area contributed by atoms with Crippen LogP contribution in [0.15, 0.2) is 73.6 Å². The molecule has 0 saturated carbocycles. The van der Waals surface area contributed by atoms with Crippen LogP contribution in [0.25, 0.3) is 22.2 Å². The molecule has 2 aromatic carbocycles. The van der Waals surface area contributed by atoms with Crippen molar-refractivity contribution >= 4 is 16.8 Å². The van der Waals surface area contributed by atoms with Crippen molar-refractivity contribution in [2.75, 3.05) is 19.9 Å². The first-order valence-electron chi connectivity index (χ1n) is 11.6. The Kier molecular flexibility index (Phi) is 5.33. The van der Waals surface area contributed by atoms with Crippen molar-refractivity contribution < 1.29 is 19.0 Å². The Balaban J connectivity index is 1.30. The van der Waals surface area contributed by atoms with Gasteiger partial charge < -0.3 is 19.1 Å². The molecule has 2 aromatic heterocycles. The number of fused-ring (bicyclic) bond motifs is 2. The summed E-state index contributed by atoms with van der Waals surface area (Å²) in [5, 5.41) is 5.97. The van der Waals surface area contributed by atoms with E-state index in [1.807, 2.05) is 64.3 Å². The molecule has 1 unspecified atom stereocenters. The van der Waals surface area contributed by atoms with Crippen molar-refractivity contribution in [3.8, 4) is 34.3 Å². The first kappa shape index (κ1) is 21.2. The van der Waals surface area contributed by atoms with Gasteiger partial charge in [0.15, 0.2) is 11.5 Å². The Labute approximate surface area is 202 Å². The van der Waals surface area contributed by atoms with Crippen LogP contribution in [0.5, 0.6) is 23.0 Å². The predicted molar refractivity (Wildman–Crippen MR) is 131 cm³/mol. The van der Waals surface area contributed by atoms with Gasteiger partial charge in [-0.05, 0) is 61.4 Å². The van der Waals surface area contributed by atoms with Crippen LogP contribution in [0.4, 0.5) is 0 Å². The summed E-state index contributed by atoms with van der Waals surface area (Å²) >= 11 is 0. The monoisotopic (exact) mass is 468 g/mol. The van der Waals surface area contributed by atoms with E-state index >= 15 is 0 Å². The SMILES string of the molecule is C=CC(=O)N1CCCC(n2nc(-c3ccc(Oc4cccc5c4OCO5)cc3)c3cnccc32)C1. The third-order valence-electron chi connectivity index (χ3n) is 6.45. The Morgan fingerprint density at radius 3 is 2.89 bits per heavy atom. The molecule has 1 amide bonds. The lowest BCUT2D eigenvalue weighted by molar-refractivity contribution is -0.127. The zero-order valence-electron chi connectivity index (χ0n) is 19.1. The first-order chi connectivity index (χ1) is 17.2. The van der Waals surface area contributed by atoms with E-state index in [1.165, 1.54) is 6.08 Å². The number of pyridine rings is 1. The number of hydrogen-bond donors (Lipinski definition) is 0. The van der Waals surface area contributed by atoms with Gasteiger partial charge in [-0.2, -0.15) is 5.10 Å². The van der Waals surface area contributed by atoms with Crippen LogP contribution in [0.3, 0.4) is 0 Å². The number of aromatic nitrogens is 3. The van der Waals surface area contributed by atoms with Crippen molar-refractivity contribution in [1.29, 1.82) is 0 Å². The van der Waals surface area contributed by atoms with Crippen molar-refractivity contribution in [1.82, 2.24) is 19.7 Å². The van der Waals surface area contributed by atoms with E-state index in [-0.39, 0.29) is 18.7 Å². The number of rotatable bonds is 5. The number of carbonyl (C=O) groups is 1.